The number of Topliss-reactive ketones (excluding diaryl/α,β-unsaturated/α-hetero) is 1. The Labute approximate surface area is 159 Å². The number of aryl methyl sites for hydroxylation is 1. The molecule has 0 aliphatic carbocycles. The average Bonchev–Trinajstić information content (AvgIpc) is 2.60. The number of rotatable bonds is 3. The van der Waals surface area contributed by atoms with Gasteiger partial charge >= 0.3 is 0 Å². The largest absolute Gasteiger partial charge is 0.485 e. The van der Waals surface area contributed by atoms with Crippen molar-refractivity contribution >= 4 is 11.7 Å². The first kappa shape index (κ1) is 19.1. The molecule has 0 fully saturated rings. The summed E-state index contributed by atoms with van der Waals surface area (Å²) in [6.07, 6.45) is -0.971. The number of nitrogens with one attached hydrogen (secondary N) is 1. The van der Waals surface area contributed by atoms with Crippen LogP contribution in [0.25, 0.3) is 0 Å². The van der Waals surface area contributed by atoms with Gasteiger partial charge in [0.05, 0.1) is 6.04 Å². The molecule has 2 unspecified atom stereocenters. The molecule has 2 atom stereocenters. The number of carbonyl (C=O) groups is 2. The lowest BCUT2D eigenvalue weighted by molar-refractivity contribution is -0.0627. The summed E-state index contributed by atoms with van der Waals surface area (Å²) < 4.78 is 5.91. The number of ether oxygens (including phenoxy) is 1. The molecule has 0 aromatic heterocycles. The number of benzene rings is 2. The number of hydrogen-bond acceptors (Lipinski definition) is 4. The van der Waals surface area contributed by atoms with Crippen LogP contribution in [0.2, 0.25) is 0 Å². The van der Waals surface area contributed by atoms with Crippen LogP contribution in [0.5, 0.6) is 5.75 Å². The van der Waals surface area contributed by atoms with Gasteiger partial charge in [0, 0.05) is 16.7 Å². The molecule has 142 valence electrons. The number of aliphatic hydroxyl groups excluding tert-OH is 1. The van der Waals surface area contributed by atoms with E-state index in [1.807, 2.05) is 26.0 Å². The zero-order valence-corrected chi connectivity index (χ0v) is 16.3. The third-order valence-electron chi connectivity index (χ3n) is 5.29. The van der Waals surface area contributed by atoms with E-state index in [9.17, 15) is 14.7 Å². The van der Waals surface area contributed by atoms with Gasteiger partial charge in [-0.1, -0.05) is 12.1 Å². The van der Waals surface area contributed by atoms with Gasteiger partial charge in [-0.2, -0.15) is 0 Å². The Morgan fingerprint density at radius 3 is 2.52 bits per heavy atom. The normalized spacial score (nSPS) is 20.4. The molecule has 1 aliphatic rings. The molecule has 1 heterocycles. The van der Waals surface area contributed by atoms with Gasteiger partial charge in [-0.25, -0.2) is 0 Å². The number of carbonyl (C=O) groups excluding carboxylic acids is 2. The quantitative estimate of drug-likeness (QED) is 0.814. The number of aliphatic hydroxyl groups is 1. The molecule has 5 heteroatoms. The van der Waals surface area contributed by atoms with Gasteiger partial charge in [0.2, 0.25) is 0 Å². The molecule has 2 aromatic carbocycles. The van der Waals surface area contributed by atoms with Crippen molar-refractivity contribution in [3.63, 3.8) is 0 Å². The zero-order valence-electron chi connectivity index (χ0n) is 16.3. The lowest BCUT2D eigenvalue weighted by Crippen LogP contribution is -2.53. The van der Waals surface area contributed by atoms with E-state index in [1.165, 1.54) is 6.92 Å². The molecule has 0 saturated carbocycles. The van der Waals surface area contributed by atoms with Crippen LogP contribution in [0.15, 0.2) is 36.4 Å². The van der Waals surface area contributed by atoms with Crippen LogP contribution in [0.3, 0.4) is 0 Å². The highest BCUT2D eigenvalue weighted by molar-refractivity contribution is 5.97. The summed E-state index contributed by atoms with van der Waals surface area (Å²) in [7, 11) is 0. The summed E-state index contributed by atoms with van der Waals surface area (Å²) in [4.78, 5) is 24.7. The van der Waals surface area contributed by atoms with E-state index in [4.69, 9.17) is 4.74 Å². The van der Waals surface area contributed by atoms with Crippen molar-refractivity contribution < 1.29 is 19.4 Å². The maximum absolute atomic E-state index is 12.9. The van der Waals surface area contributed by atoms with Crippen molar-refractivity contribution in [1.29, 1.82) is 0 Å². The molecular weight excluding hydrogens is 342 g/mol. The summed E-state index contributed by atoms with van der Waals surface area (Å²) in [5, 5.41) is 13.8. The Morgan fingerprint density at radius 2 is 1.85 bits per heavy atom. The van der Waals surface area contributed by atoms with E-state index in [1.54, 1.807) is 38.1 Å². The van der Waals surface area contributed by atoms with Gasteiger partial charge in [-0.3, -0.25) is 9.59 Å². The van der Waals surface area contributed by atoms with Crippen LogP contribution in [0.1, 0.15) is 64.2 Å². The van der Waals surface area contributed by atoms with E-state index in [-0.39, 0.29) is 11.7 Å². The fourth-order valence-electron chi connectivity index (χ4n) is 3.39. The minimum Gasteiger partial charge on any atom is -0.485 e. The van der Waals surface area contributed by atoms with E-state index >= 15 is 0 Å². The number of hydrogen-bond donors (Lipinski definition) is 2. The summed E-state index contributed by atoms with van der Waals surface area (Å²) in [5.74, 6) is 0.204. The summed E-state index contributed by atoms with van der Waals surface area (Å²) in [5.41, 5.74) is 2.71. The van der Waals surface area contributed by atoms with Crippen LogP contribution in [-0.4, -0.2) is 28.5 Å². The lowest BCUT2D eigenvalue weighted by atomic mass is 9.85. The maximum atomic E-state index is 12.9. The number of fused-ring (bicyclic) bond motifs is 1. The molecular formula is C22H25NO4. The van der Waals surface area contributed by atoms with Gasteiger partial charge in [0.25, 0.3) is 5.91 Å². The third kappa shape index (κ3) is 3.47. The van der Waals surface area contributed by atoms with Crippen molar-refractivity contribution in [2.45, 2.75) is 52.4 Å². The molecule has 0 radical (unpaired) electrons. The van der Waals surface area contributed by atoms with Gasteiger partial charge in [0.15, 0.2) is 5.78 Å². The van der Waals surface area contributed by atoms with Gasteiger partial charge in [0.1, 0.15) is 17.5 Å². The molecule has 5 nitrogen and oxygen atoms in total. The van der Waals surface area contributed by atoms with E-state index < -0.39 is 17.7 Å². The minimum absolute atomic E-state index is 0.0864. The average molecular weight is 367 g/mol. The van der Waals surface area contributed by atoms with Crippen LogP contribution in [-0.2, 0) is 0 Å². The fraction of sp³-hybridized carbons (Fsp3) is 0.364. The summed E-state index contributed by atoms with van der Waals surface area (Å²) in [6.45, 7) is 8.88. The number of amides is 1. The zero-order chi connectivity index (χ0) is 19.9. The monoisotopic (exact) mass is 367 g/mol. The Kier molecular flexibility index (Phi) is 4.82. The second kappa shape index (κ2) is 6.82. The topological polar surface area (TPSA) is 75.6 Å². The second-order valence-electron chi connectivity index (χ2n) is 7.66. The number of ketones is 1. The predicted octanol–water partition coefficient (Wildman–Crippen LogP) is 3.51. The Bertz CT molecular complexity index is 917. The highest BCUT2D eigenvalue weighted by atomic mass is 16.5. The van der Waals surface area contributed by atoms with Gasteiger partial charge in [-0.15, -0.1) is 0 Å². The highest BCUT2D eigenvalue weighted by Gasteiger charge is 2.43. The Hall–Kier alpha value is -2.66. The summed E-state index contributed by atoms with van der Waals surface area (Å²) >= 11 is 0. The molecule has 1 amide bonds. The Morgan fingerprint density at radius 1 is 1.15 bits per heavy atom. The van der Waals surface area contributed by atoms with Crippen LogP contribution in [0.4, 0.5) is 0 Å². The predicted molar refractivity (Wildman–Crippen MR) is 103 cm³/mol. The smallest absolute Gasteiger partial charge is 0.252 e. The molecule has 1 aliphatic heterocycles. The van der Waals surface area contributed by atoms with Crippen molar-refractivity contribution in [3.05, 3.63) is 64.2 Å². The Balaban J connectivity index is 2.03. The van der Waals surface area contributed by atoms with Gasteiger partial charge in [-0.05, 0) is 70.0 Å². The SMILES string of the molecule is CC(=O)c1ccc2c(c1)C(NC(=O)c1cccc(C)c1C)C(O)C(C)(C)O2. The third-order valence-corrected chi connectivity index (χ3v) is 5.29. The van der Waals surface area contributed by atoms with E-state index in [2.05, 4.69) is 5.32 Å². The lowest BCUT2D eigenvalue weighted by Gasteiger charge is -2.42. The standard InChI is InChI=1S/C22H25NO4/c1-12-7-6-8-16(13(12)2)21(26)23-19-17-11-15(14(3)24)9-10-18(17)27-22(4,5)20(19)25/h6-11,19-20,25H,1-5H3,(H,23,26). The van der Waals surface area contributed by atoms with E-state index in [0.717, 1.165) is 11.1 Å². The molecule has 3 rings (SSSR count). The second-order valence-corrected chi connectivity index (χ2v) is 7.66. The first-order valence-corrected chi connectivity index (χ1v) is 9.01. The minimum atomic E-state index is -0.971. The highest BCUT2D eigenvalue weighted by Crippen LogP contribution is 2.40. The fourth-order valence-corrected chi connectivity index (χ4v) is 3.39. The van der Waals surface area contributed by atoms with Crippen molar-refractivity contribution in [1.82, 2.24) is 5.32 Å². The van der Waals surface area contributed by atoms with Crippen LogP contribution >= 0.6 is 0 Å². The summed E-state index contributed by atoms with van der Waals surface area (Å²) in [6, 6.07) is 9.97. The van der Waals surface area contributed by atoms with Crippen molar-refractivity contribution in [3.8, 4) is 5.75 Å². The van der Waals surface area contributed by atoms with E-state index in [0.29, 0.717) is 22.4 Å². The first-order valence-electron chi connectivity index (χ1n) is 9.01. The van der Waals surface area contributed by atoms with Crippen molar-refractivity contribution in [2.75, 3.05) is 0 Å². The molecule has 2 aromatic rings. The molecule has 2 N–H and O–H groups in total. The first-order chi connectivity index (χ1) is 12.6. The molecule has 27 heavy (non-hydrogen) atoms. The molecule has 0 bridgehead atoms. The maximum Gasteiger partial charge on any atom is 0.252 e. The molecule has 0 saturated heterocycles. The van der Waals surface area contributed by atoms with Crippen LogP contribution in [0, 0.1) is 13.8 Å². The van der Waals surface area contributed by atoms with Gasteiger partial charge < -0.3 is 15.2 Å². The van der Waals surface area contributed by atoms with Crippen molar-refractivity contribution in [2.24, 2.45) is 0 Å². The van der Waals surface area contributed by atoms with Crippen LogP contribution < -0.4 is 10.1 Å². The molecule has 0 spiro atoms.